The molecule has 2 aromatic rings. The number of para-hydroxylation sites is 1. The summed E-state index contributed by atoms with van der Waals surface area (Å²) in [6.07, 6.45) is 0. The Hall–Kier alpha value is -2.64. The smallest absolute Gasteiger partial charge is 0.259 e. The molecule has 0 unspecified atom stereocenters. The second kappa shape index (κ2) is 8.24. The van der Waals surface area contributed by atoms with Gasteiger partial charge in [0.2, 0.25) is 5.91 Å². The zero-order valence-electron chi connectivity index (χ0n) is 16.8. The van der Waals surface area contributed by atoms with Crippen molar-refractivity contribution in [3.8, 4) is 0 Å². The Balaban J connectivity index is 1.55. The van der Waals surface area contributed by atoms with Gasteiger partial charge in [-0.1, -0.05) is 55.4 Å². The number of nitrogens with zero attached hydrogens (tertiary/aromatic N) is 3. The van der Waals surface area contributed by atoms with Crippen LogP contribution in [0.3, 0.4) is 0 Å². The minimum absolute atomic E-state index is 0.0704. The molecule has 0 aliphatic carbocycles. The molecule has 0 aromatic heterocycles. The van der Waals surface area contributed by atoms with E-state index in [1.54, 1.807) is 17.0 Å². The Bertz CT molecular complexity index is 1100. The molecule has 0 spiro atoms. The summed E-state index contributed by atoms with van der Waals surface area (Å²) in [6, 6.07) is 12.6. The third kappa shape index (κ3) is 3.87. The van der Waals surface area contributed by atoms with Crippen LogP contribution in [0.1, 0.15) is 25.0 Å². The lowest BCUT2D eigenvalue weighted by Crippen LogP contribution is -2.42. The monoisotopic (exact) mass is 440 g/mol. The van der Waals surface area contributed by atoms with Gasteiger partial charge in [-0.3, -0.25) is 14.6 Å². The molecule has 0 saturated carbocycles. The standard InChI is InChI=1S/C22H21ClN4O2S/c1-12(2)19-21(29)27-20(26-19)14-6-4-5-7-16(14)25-22(27)30-11-18(28)24-17-9-8-13(3)10-15(17)23/h4-10,12,19H,11H2,1-3H3,(H,24,28)/t19-/m1/s1. The van der Waals surface area contributed by atoms with E-state index in [0.29, 0.717) is 21.7 Å². The van der Waals surface area contributed by atoms with E-state index in [4.69, 9.17) is 11.6 Å². The van der Waals surface area contributed by atoms with E-state index in [0.717, 1.165) is 16.8 Å². The van der Waals surface area contributed by atoms with Crippen molar-refractivity contribution in [3.63, 3.8) is 0 Å². The largest absolute Gasteiger partial charge is 0.324 e. The summed E-state index contributed by atoms with van der Waals surface area (Å²) in [6.45, 7) is 5.88. The first-order valence-electron chi connectivity index (χ1n) is 9.64. The molecule has 2 heterocycles. The van der Waals surface area contributed by atoms with Crippen molar-refractivity contribution >= 4 is 57.6 Å². The Kier molecular flexibility index (Phi) is 5.66. The third-order valence-corrected chi connectivity index (χ3v) is 6.11. The van der Waals surface area contributed by atoms with Gasteiger partial charge < -0.3 is 5.32 Å². The number of hydrogen-bond donors (Lipinski definition) is 1. The summed E-state index contributed by atoms with van der Waals surface area (Å²) in [5.74, 6) is 0.435. The van der Waals surface area contributed by atoms with E-state index >= 15 is 0 Å². The van der Waals surface area contributed by atoms with Gasteiger partial charge in [0, 0.05) is 5.56 Å². The predicted octanol–water partition coefficient (Wildman–Crippen LogP) is 4.63. The average Bonchev–Trinajstić information content (AvgIpc) is 3.06. The number of carbonyl (C=O) groups is 2. The molecule has 1 N–H and O–H groups in total. The molecule has 0 radical (unpaired) electrons. The van der Waals surface area contributed by atoms with Crippen LogP contribution in [-0.2, 0) is 9.59 Å². The summed E-state index contributed by atoms with van der Waals surface area (Å²) >= 11 is 7.41. The molecule has 6 nitrogen and oxygen atoms in total. The number of aryl methyl sites for hydroxylation is 1. The summed E-state index contributed by atoms with van der Waals surface area (Å²) in [5, 5.41) is 3.76. The first kappa shape index (κ1) is 20.6. The van der Waals surface area contributed by atoms with Crippen LogP contribution in [0.2, 0.25) is 5.02 Å². The van der Waals surface area contributed by atoms with Crippen LogP contribution in [-0.4, -0.2) is 39.5 Å². The quantitative estimate of drug-likeness (QED) is 0.752. The molecular weight excluding hydrogens is 420 g/mol. The summed E-state index contributed by atoms with van der Waals surface area (Å²) in [4.78, 5) is 36.4. The van der Waals surface area contributed by atoms with E-state index in [1.165, 1.54) is 11.8 Å². The van der Waals surface area contributed by atoms with Crippen molar-refractivity contribution in [2.45, 2.75) is 26.8 Å². The number of nitrogens with one attached hydrogen (secondary N) is 1. The van der Waals surface area contributed by atoms with Gasteiger partial charge in [-0.2, -0.15) is 0 Å². The van der Waals surface area contributed by atoms with Crippen molar-refractivity contribution in [1.29, 1.82) is 0 Å². The normalized spacial score (nSPS) is 17.4. The maximum atomic E-state index is 13.0. The average molecular weight is 441 g/mol. The van der Waals surface area contributed by atoms with Gasteiger partial charge in [-0.15, -0.1) is 0 Å². The van der Waals surface area contributed by atoms with E-state index in [-0.39, 0.29) is 23.5 Å². The lowest BCUT2D eigenvalue weighted by Gasteiger charge is -2.25. The summed E-state index contributed by atoms with van der Waals surface area (Å²) in [5.41, 5.74) is 3.15. The number of halogens is 1. The van der Waals surface area contributed by atoms with E-state index < -0.39 is 6.04 Å². The number of benzene rings is 2. The van der Waals surface area contributed by atoms with Crippen LogP contribution in [0.4, 0.5) is 11.4 Å². The predicted molar refractivity (Wildman–Crippen MR) is 123 cm³/mol. The van der Waals surface area contributed by atoms with Crippen LogP contribution in [0.15, 0.2) is 52.4 Å². The maximum Gasteiger partial charge on any atom is 0.259 e. The highest BCUT2D eigenvalue weighted by molar-refractivity contribution is 8.14. The molecule has 2 amide bonds. The number of fused-ring (bicyclic) bond motifs is 3. The van der Waals surface area contributed by atoms with Crippen molar-refractivity contribution in [2.24, 2.45) is 15.9 Å². The van der Waals surface area contributed by atoms with Gasteiger partial charge in [-0.05, 0) is 42.7 Å². The highest BCUT2D eigenvalue weighted by Crippen LogP contribution is 2.34. The lowest BCUT2D eigenvalue weighted by atomic mass is 10.1. The van der Waals surface area contributed by atoms with Crippen molar-refractivity contribution in [2.75, 3.05) is 11.1 Å². The van der Waals surface area contributed by atoms with Gasteiger partial charge in [0.1, 0.15) is 11.9 Å². The molecule has 8 heteroatoms. The molecule has 2 aliphatic heterocycles. The fourth-order valence-corrected chi connectivity index (χ4v) is 4.42. The topological polar surface area (TPSA) is 74.1 Å². The third-order valence-electron chi connectivity index (χ3n) is 4.86. The maximum absolute atomic E-state index is 13.0. The zero-order valence-corrected chi connectivity index (χ0v) is 18.4. The highest BCUT2D eigenvalue weighted by Gasteiger charge is 2.42. The molecule has 1 atom stereocenters. The number of hydrogen-bond acceptors (Lipinski definition) is 5. The van der Waals surface area contributed by atoms with Crippen molar-refractivity contribution in [3.05, 3.63) is 58.6 Å². The van der Waals surface area contributed by atoms with E-state index in [1.807, 2.05) is 51.1 Å². The molecule has 2 aromatic carbocycles. The summed E-state index contributed by atoms with van der Waals surface area (Å²) < 4.78 is 0. The Morgan fingerprint density at radius 2 is 2.03 bits per heavy atom. The van der Waals surface area contributed by atoms with Crippen LogP contribution >= 0.6 is 23.4 Å². The highest BCUT2D eigenvalue weighted by atomic mass is 35.5. The van der Waals surface area contributed by atoms with Gasteiger partial charge in [0.05, 0.1) is 22.2 Å². The van der Waals surface area contributed by atoms with Crippen LogP contribution in [0, 0.1) is 12.8 Å². The Morgan fingerprint density at radius 1 is 1.27 bits per heavy atom. The molecule has 0 fully saturated rings. The molecule has 0 bridgehead atoms. The minimum Gasteiger partial charge on any atom is -0.324 e. The summed E-state index contributed by atoms with van der Waals surface area (Å²) in [7, 11) is 0. The number of anilines is 1. The zero-order chi connectivity index (χ0) is 21.4. The first-order valence-corrected chi connectivity index (χ1v) is 11.0. The fourth-order valence-electron chi connectivity index (χ4n) is 3.34. The number of amidine groups is 2. The van der Waals surface area contributed by atoms with Crippen molar-refractivity contribution in [1.82, 2.24) is 4.90 Å². The number of thioether (sulfide) groups is 1. The molecular formula is C22H21ClN4O2S. The van der Waals surface area contributed by atoms with Gasteiger partial charge >= 0.3 is 0 Å². The van der Waals surface area contributed by atoms with Crippen molar-refractivity contribution < 1.29 is 9.59 Å². The molecule has 30 heavy (non-hydrogen) atoms. The van der Waals surface area contributed by atoms with Gasteiger partial charge in [-0.25, -0.2) is 9.89 Å². The van der Waals surface area contributed by atoms with Crippen LogP contribution in [0.25, 0.3) is 0 Å². The first-order chi connectivity index (χ1) is 14.3. The van der Waals surface area contributed by atoms with Crippen LogP contribution < -0.4 is 5.32 Å². The van der Waals surface area contributed by atoms with E-state index in [9.17, 15) is 9.59 Å². The number of amides is 2. The lowest BCUT2D eigenvalue weighted by molar-refractivity contribution is -0.125. The molecule has 4 rings (SSSR count). The minimum atomic E-state index is -0.447. The number of aliphatic imine (C=N–C) groups is 2. The number of rotatable bonds is 4. The van der Waals surface area contributed by atoms with Gasteiger partial charge in [0.25, 0.3) is 5.91 Å². The Morgan fingerprint density at radius 3 is 2.77 bits per heavy atom. The molecule has 154 valence electrons. The molecule has 0 saturated heterocycles. The Labute approximate surface area is 184 Å². The van der Waals surface area contributed by atoms with Crippen LogP contribution in [0.5, 0.6) is 0 Å². The number of carbonyl (C=O) groups excluding carboxylic acids is 2. The second-order valence-corrected chi connectivity index (χ2v) is 8.90. The SMILES string of the molecule is Cc1ccc(NC(=O)CSC2=Nc3ccccc3C3=N[C@H](C(C)C)C(=O)N23)c(Cl)c1. The molecule has 2 aliphatic rings. The van der Waals surface area contributed by atoms with Gasteiger partial charge in [0.15, 0.2) is 5.17 Å². The second-order valence-electron chi connectivity index (χ2n) is 7.55. The fraction of sp³-hybridized carbons (Fsp3) is 0.273. The van der Waals surface area contributed by atoms with E-state index in [2.05, 4.69) is 15.3 Å².